The summed E-state index contributed by atoms with van der Waals surface area (Å²) in [4.78, 5) is 0. The summed E-state index contributed by atoms with van der Waals surface area (Å²) < 4.78 is 40.4. The molecule has 1 rings (SSSR count). The van der Waals surface area contributed by atoms with Crippen molar-refractivity contribution in [3.63, 3.8) is 0 Å². The van der Waals surface area contributed by atoms with Crippen LogP contribution in [0.15, 0.2) is 18.2 Å². The zero-order valence-corrected chi connectivity index (χ0v) is 10.3. The third-order valence-electron chi connectivity index (χ3n) is 2.07. The van der Waals surface area contributed by atoms with Crippen LogP contribution in [-0.2, 0) is 0 Å². The van der Waals surface area contributed by atoms with Crippen molar-refractivity contribution in [1.29, 1.82) is 0 Å². The molecule has 0 saturated heterocycles. The van der Waals surface area contributed by atoms with Crippen LogP contribution in [0.3, 0.4) is 0 Å². The van der Waals surface area contributed by atoms with Gasteiger partial charge >= 0.3 is 6.36 Å². The molecule has 102 valence electrons. The Hall–Kier alpha value is -1.14. The number of halogens is 4. The predicted molar refractivity (Wildman–Crippen MR) is 63.1 cm³/mol. The van der Waals surface area contributed by atoms with Crippen molar-refractivity contribution < 1.29 is 23.0 Å². The van der Waals surface area contributed by atoms with Gasteiger partial charge in [0.2, 0.25) is 0 Å². The molecule has 0 radical (unpaired) electrons. The van der Waals surface area contributed by atoms with Gasteiger partial charge in [0.1, 0.15) is 0 Å². The highest BCUT2D eigenvalue weighted by Gasteiger charge is 2.32. The van der Waals surface area contributed by atoms with Gasteiger partial charge in [0.15, 0.2) is 5.75 Å². The number of hydrogen-bond donors (Lipinski definition) is 2. The first kappa shape index (κ1) is 14.9. The highest BCUT2D eigenvalue weighted by atomic mass is 35.5. The number of benzene rings is 1. The first-order valence-electron chi connectivity index (χ1n) is 5.16. The van der Waals surface area contributed by atoms with Crippen LogP contribution in [-0.4, -0.2) is 30.0 Å². The number of rotatable bonds is 5. The number of anilines is 1. The van der Waals surface area contributed by atoms with E-state index < -0.39 is 12.5 Å². The average Bonchev–Trinajstić information content (AvgIpc) is 2.27. The van der Waals surface area contributed by atoms with Crippen molar-refractivity contribution in [2.45, 2.75) is 19.4 Å². The molecule has 7 heteroatoms. The van der Waals surface area contributed by atoms with Gasteiger partial charge in [-0.25, -0.2) is 0 Å². The molecule has 0 aliphatic carbocycles. The van der Waals surface area contributed by atoms with Gasteiger partial charge in [-0.05, 0) is 24.6 Å². The molecule has 0 saturated carbocycles. The fourth-order valence-electron chi connectivity index (χ4n) is 1.28. The summed E-state index contributed by atoms with van der Waals surface area (Å²) in [6.45, 7) is 1.78. The fourth-order valence-corrected chi connectivity index (χ4v) is 1.39. The minimum absolute atomic E-state index is 0.00568. The largest absolute Gasteiger partial charge is 0.573 e. The molecule has 18 heavy (non-hydrogen) atoms. The predicted octanol–water partition coefficient (Wildman–Crippen LogP) is 2.91. The van der Waals surface area contributed by atoms with Crippen molar-refractivity contribution in [3.8, 4) is 5.75 Å². The van der Waals surface area contributed by atoms with Gasteiger partial charge in [-0.3, -0.25) is 0 Å². The Bertz CT molecular complexity index is 398. The number of aliphatic hydroxyl groups excluding tert-OH is 1. The lowest BCUT2D eigenvalue weighted by molar-refractivity contribution is -0.274. The number of aryl methyl sites for hydroxylation is 1. The summed E-state index contributed by atoms with van der Waals surface area (Å²) in [6, 6.07) is 4.23. The van der Waals surface area contributed by atoms with Crippen LogP contribution in [0.4, 0.5) is 18.9 Å². The number of hydrogen-bond acceptors (Lipinski definition) is 3. The molecule has 0 fully saturated rings. The highest BCUT2D eigenvalue weighted by Crippen LogP contribution is 2.31. The van der Waals surface area contributed by atoms with Crippen LogP contribution in [0.25, 0.3) is 0 Å². The minimum atomic E-state index is -4.75. The van der Waals surface area contributed by atoms with Crippen molar-refractivity contribution in [2.75, 3.05) is 17.7 Å². The van der Waals surface area contributed by atoms with Crippen molar-refractivity contribution in [1.82, 2.24) is 0 Å². The Morgan fingerprint density at radius 2 is 2.11 bits per heavy atom. The van der Waals surface area contributed by atoms with Crippen LogP contribution < -0.4 is 10.1 Å². The van der Waals surface area contributed by atoms with Crippen LogP contribution in [0.2, 0.25) is 0 Å². The molecule has 2 N–H and O–H groups in total. The quantitative estimate of drug-likeness (QED) is 0.817. The zero-order chi connectivity index (χ0) is 13.8. The normalized spacial score (nSPS) is 13.2. The van der Waals surface area contributed by atoms with E-state index in [1.54, 1.807) is 6.92 Å². The second kappa shape index (κ2) is 6.15. The smallest absolute Gasteiger partial charge is 0.404 e. The zero-order valence-electron chi connectivity index (χ0n) is 9.59. The second-order valence-electron chi connectivity index (χ2n) is 3.74. The summed E-state index contributed by atoms with van der Waals surface area (Å²) in [5.74, 6) is -0.344. The van der Waals surface area contributed by atoms with Gasteiger partial charge in [-0.2, -0.15) is 0 Å². The van der Waals surface area contributed by atoms with E-state index in [4.69, 9.17) is 11.6 Å². The summed E-state index contributed by atoms with van der Waals surface area (Å²) in [6.07, 6.45) is -5.59. The lowest BCUT2D eigenvalue weighted by Gasteiger charge is -2.16. The van der Waals surface area contributed by atoms with Gasteiger partial charge in [-0.1, -0.05) is 6.07 Å². The minimum Gasteiger partial charge on any atom is -0.404 e. The Labute approximate surface area is 108 Å². The second-order valence-corrected chi connectivity index (χ2v) is 4.05. The van der Waals surface area contributed by atoms with Gasteiger partial charge in [-0.15, -0.1) is 24.8 Å². The van der Waals surface area contributed by atoms with E-state index >= 15 is 0 Å². The highest BCUT2D eigenvalue weighted by molar-refractivity contribution is 6.18. The van der Waals surface area contributed by atoms with E-state index in [1.165, 1.54) is 18.2 Å². The van der Waals surface area contributed by atoms with Crippen molar-refractivity contribution in [3.05, 3.63) is 23.8 Å². The van der Waals surface area contributed by atoms with Gasteiger partial charge in [0, 0.05) is 6.54 Å². The first-order chi connectivity index (χ1) is 8.31. The maximum atomic E-state index is 12.2. The van der Waals surface area contributed by atoms with E-state index in [-0.39, 0.29) is 23.9 Å². The monoisotopic (exact) mass is 283 g/mol. The Morgan fingerprint density at radius 3 is 2.67 bits per heavy atom. The molecule has 0 spiro atoms. The first-order valence-corrected chi connectivity index (χ1v) is 5.69. The molecule has 1 aromatic rings. The number of ether oxygens (including phenoxy) is 1. The number of aliphatic hydroxyl groups is 1. The fraction of sp³-hybridized carbons (Fsp3) is 0.455. The maximum absolute atomic E-state index is 12.2. The van der Waals surface area contributed by atoms with Gasteiger partial charge in [0.25, 0.3) is 0 Å². The van der Waals surface area contributed by atoms with E-state index in [9.17, 15) is 18.3 Å². The molecule has 1 atom stereocenters. The molecule has 1 unspecified atom stereocenters. The topological polar surface area (TPSA) is 41.5 Å². The molecular formula is C11H13ClF3NO2. The van der Waals surface area contributed by atoms with Crippen molar-refractivity contribution in [2.24, 2.45) is 0 Å². The molecule has 0 aliphatic rings. The molecule has 0 aliphatic heterocycles. The molecule has 0 heterocycles. The summed E-state index contributed by atoms with van der Waals surface area (Å²) in [7, 11) is 0. The van der Waals surface area contributed by atoms with Crippen LogP contribution >= 0.6 is 11.6 Å². The molecule has 3 nitrogen and oxygen atoms in total. The summed E-state index contributed by atoms with van der Waals surface area (Å²) in [5, 5.41) is 11.9. The van der Waals surface area contributed by atoms with E-state index in [0.717, 1.165) is 5.56 Å². The lowest BCUT2D eigenvalue weighted by atomic mass is 10.2. The Kier molecular flexibility index (Phi) is 5.10. The van der Waals surface area contributed by atoms with Crippen LogP contribution in [0.5, 0.6) is 5.75 Å². The number of nitrogens with one attached hydrogen (secondary N) is 1. The standard InChI is InChI=1S/C11H13ClF3NO2/c1-7-2-3-10(18-11(13,14)15)9(4-7)16-6-8(17)5-12/h2-4,8,16-17H,5-6H2,1H3. The molecule has 1 aromatic carbocycles. The SMILES string of the molecule is Cc1ccc(OC(F)(F)F)c(NCC(O)CCl)c1. The summed E-state index contributed by atoms with van der Waals surface area (Å²) in [5.41, 5.74) is 0.934. The average molecular weight is 284 g/mol. The molecular weight excluding hydrogens is 271 g/mol. The third-order valence-corrected chi connectivity index (χ3v) is 2.42. The third kappa shape index (κ3) is 5.01. The Morgan fingerprint density at radius 1 is 1.44 bits per heavy atom. The van der Waals surface area contributed by atoms with E-state index in [2.05, 4.69) is 10.1 Å². The van der Waals surface area contributed by atoms with Crippen LogP contribution in [0, 0.1) is 6.92 Å². The molecule has 0 bridgehead atoms. The van der Waals surface area contributed by atoms with Crippen LogP contribution in [0.1, 0.15) is 5.56 Å². The summed E-state index contributed by atoms with van der Waals surface area (Å²) >= 11 is 5.39. The van der Waals surface area contributed by atoms with Gasteiger partial charge < -0.3 is 15.2 Å². The van der Waals surface area contributed by atoms with E-state index in [1.807, 2.05) is 0 Å². The molecule has 0 amide bonds. The number of alkyl halides is 4. The van der Waals surface area contributed by atoms with Crippen molar-refractivity contribution >= 4 is 17.3 Å². The van der Waals surface area contributed by atoms with Gasteiger partial charge in [0.05, 0.1) is 17.7 Å². The van der Waals surface area contributed by atoms with E-state index in [0.29, 0.717) is 0 Å². The molecule has 0 aromatic heterocycles. The Balaban J connectivity index is 2.83. The lowest BCUT2D eigenvalue weighted by Crippen LogP contribution is -2.22. The maximum Gasteiger partial charge on any atom is 0.573 e.